The summed E-state index contributed by atoms with van der Waals surface area (Å²) in [6.45, 7) is -1.11. The van der Waals surface area contributed by atoms with E-state index in [0.717, 1.165) is 0 Å². The zero-order chi connectivity index (χ0) is 20.4. The lowest BCUT2D eigenvalue weighted by Gasteiger charge is -2.18. The van der Waals surface area contributed by atoms with Crippen LogP contribution >= 0.6 is 15.6 Å². The molecule has 0 aromatic carbocycles. The van der Waals surface area contributed by atoms with Gasteiger partial charge in [0.05, 0.1) is 20.2 Å². The van der Waals surface area contributed by atoms with E-state index in [4.69, 9.17) is 30.0 Å². The molecule has 0 amide bonds. The van der Waals surface area contributed by atoms with Gasteiger partial charge in [0.2, 0.25) is 5.52 Å². The van der Waals surface area contributed by atoms with Gasteiger partial charge in [-0.25, -0.2) is 13.7 Å². The van der Waals surface area contributed by atoms with Gasteiger partial charge in [-0.05, 0) is 0 Å². The van der Waals surface area contributed by atoms with Gasteiger partial charge < -0.3 is 30.0 Å². The van der Waals surface area contributed by atoms with Crippen molar-refractivity contribution in [2.75, 3.05) is 18.9 Å². The normalized spacial score (nSPS) is 14.0. The number of aromatic nitrogens is 4. The van der Waals surface area contributed by atoms with Crippen LogP contribution in [-0.4, -0.2) is 53.6 Å². The molecule has 2 rings (SSSR count). The molecule has 7 N–H and O–H groups in total. The van der Waals surface area contributed by atoms with E-state index in [1.807, 2.05) is 0 Å². The Hall–Kier alpha value is -1.67. The van der Waals surface area contributed by atoms with Crippen LogP contribution in [0.15, 0.2) is 11.1 Å². The fourth-order valence-corrected chi connectivity index (χ4v) is 2.92. The number of aryl methyl sites for hydroxylation is 1. The maximum atomic E-state index is 11.9. The summed E-state index contributed by atoms with van der Waals surface area (Å²) in [5.41, 5.74) is 5.52. The fraction of sp³-hybridized carbons (Fsp3) is 0.500. The number of nitrogens with zero attached hydrogens (tertiary/aromatic N) is 3. The highest BCUT2D eigenvalue weighted by Gasteiger charge is 2.27. The lowest BCUT2D eigenvalue weighted by atomic mass is 10.5. The minimum atomic E-state index is -5.01. The van der Waals surface area contributed by atoms with Crippen molar-refractivity contribution in [2.24, 2.45) is 7.05 Å². The smallest absolute Gasteiger partial charge is 0.355 e. The highest BCUT2D eigenvalue weighted by atomic mass is 31.2. The highest BCUT2D eigenvalue weighted by molar-refractivity contribution is 7.46. The Morgan fingerprint density at radius 2 is 2.00 bits per heavy atom. The second-order valence-electron chi connectivity index (χ2n) is 5.23. The largest absolute Gasteiger partial charge is 0.472 e. The molecule has 15 nitrogen and oxygen atoms in total. The molecule has 0 saturated carbocycles. The molecule has 152 valence electrons. The van der Waals surface area contributed by atoms with Crippen molar-refractivity contribution in [1.29, 1.82) is 0 Å². The van der Waals surface area contributed by atoms with E-state index in [9.17, 15) is 13.9 Å². The van der Waals surface area contributed by atoms with Crippen LogP contribution in [0.3, 0.4) is 0 Å². The second kappa shape index (κ2) is 8.14. The fourth-order valence-electron chi connectivity index (χ4n) is 2.18. The van der Waals surface area contributed by atoms with Crippen LogP contribution in [0.25, 0.3) is 11.2 Å². The number of phosphoric ester groups is 2. The average molecular weight is 430 g/mol. The molecule has 2 heterocycles. The molecule has 0 fully saturated rings. The molecule has 0 spiro atoms. The van der Waals surface area contributed by atoms with Crippen molar-refractivity contribution in [3.05, 3.63) is 16.7 Å². The van der Waals surface area contributed by atoms with E-state index < -0.39 is 34.1 Å². The van der Waals surface area contributed by atoms with Crippen LogP contribution in [0.4, 0.5) is 5.95 Å². The molecule has 2 aromatic rings. The molecular formula is C10H18N5O10P2+. The Bertz CT molecular complexity index is 961. The molecule has 17 heteroatoms. The van der Waals surface area contributed by atoms with E-state index in [2.05, 4.69) is 19.0 Å². The van der Waals surface area contributed by atoms with Crippen LogP contribution in [0.2, 0.25) is 0 Å². The van der Waals surface area contributed by atoms with E-state index >= 15 is 0 Å². The van der Waals surface area contributed by atoms with Crippen molar-refractivity contribution >= 4 is 32.8 Å². The number of rotatable bonds is 9. The quantitative estimate of drug-likeness (QED) is 0.140. The zero-order valence-electron chi connectivity index (χ0n) is 13.8. The molecule has 27 heavy (non-hydrogen) atoms. The zero-order valence-corrected chi connectivity index (χ0v) is 15.6. The van der Waals surface area contributed by atoms with Gasteiger partial charge in [-0.3, -0.25) is 23.4 Å². The molecule has 2 aromatic heterocycles. The summed E-state index contributed by atoms with van der Waals surface area (Å²) in [5.74, 6) is -0.105. The van der Waals surface area contributed by atoms with Crippen molar-refractivity contribution in [2.45, 2.75) is 12.8 Å². The Kier molecular flexibility index (Phi) is 6.52. The van der Waals surface area contributed by atoms with Crippen LogP contribution in [-0.2, 0) is 36.5 Å². The maximum Gasteiger partial charge on any atom is 0.472 e. The number of hydrogen-bond donors (Lipinski definition) is 6. The maximum absolute atomic E-state index is 11.9. The second-order valence-corrected chi connectivity index (χ2v) is 7.66. The first kappa shape index (κ1) is 21.6. The van der Waals surface area contributed by atoms with E-state index in [1.165, 1.54) is 15.5 Å². The van der Waals surface area contributed by atoms with Crippen LogP contribution < -0.4 is 15.9 Å². The minimum absolute atomic E-state index is 0.0458. The molecule has 1 atom stereocenters. The van der Waals surface area contributed by atoms with Crippen molar-refractivity contribution < 1.29 is 47.1 Å². The predicted molar refractivity (Wildman–Crippen MR) is 86.8 cm³/mol. The molecule has 0 aliphatic heterocycles. The monoisotopic (exact) mass is 430 g/mol. The SMILES string of the molecule is Cn1c[n+](CCOC(COP(=O)(O)O)OP(=O)(O)O)c2nc(N)[nH]c(=O)c21. The standard InChI is InChI=1S/C10H17N5O10P2/c1-14-5-15(8-7(14)9(16)13-10(11)12-8)2-3-23-6(25-27(20,21)22)4-24-26(17,18)19/h5-6H,2-4H2,1H3,(H6-,11,12,13,16,17,18,19,20,21,22)/p+1. The number of H-pyrrole nitrogens is 1. The molecular weight excluding hydrogens is 412 g/mol. The first-order chi connectivity index (χ1) is 12.4. The molecule has 0 saturated heterocycles. The van der Waals surface area contributed by atoms with Gasteiger partial charge in [0.15, 0.2) is 12.6 Å². The minimum Gasteiger partial charge on any atom is -0.355 e. The average Bonchev–Trinajstić information content (AvgIpc) is 2.78. The molecule has 0 bridgehead atoms. The Balaban J connectivity index is 2.10. The summed E-state index contributed by atoms with van der Waals surface area (Å²) in [5, 5.41) is 0. The number of fused-ring (bicyclic) bond motifs is 1. The van der Waals surface area contributed by atoms with E-state index in [1.54, 1.807) is 7.05 Å². The lowest BCUT2D eigenvalue weighted by Crippen LogP contribution is -2.37. The number of hydrogen-bond acceptors (Lipinski definition) is 8. The van der Waals surface area contributed by atoms with Gasteiger partial charge >= 0.3 is 21.3 Å². The summed E-state index contributed by atoms with van der Waals surface area (Å²) in [4.78, 5) is 53.3. The number of aromatic amines is 1. The van der Waals surface area contributed by atoms with Crippen LogP contribution in [0.5, 0.6) is 0 Å². The number of imidazole rings is 1. The van der Waals surface area contributed by atoms with Gasteiger partial charge in [0.1, 0.15) is 6.61 Å². The third kappa shape index (κ3) is 6.46. The molecule has 0 aliphatic carbocycles. The Labute approximate surface area is 150 Å². The van der Waals surface area contributed by atoms with Crippen molar-refractivity contribution in [1.82, 2.24) is 14.5 Å². The van der Waals surface area contributed by atoms with Crippen LogP contribution in [0, 0.1) is 0 Å². The van der Waals surface area contributed by atoms with E-state index in [-0.39, 0.29) is 30.3 Å². The van der Waals surface area contributed by atoms with Gasteiger partial charge in [-0.2, -0.15) is 0 Å². The molecule has 1 unspecified atom stereocenters. The summed E-state index contributed by atoms with van der Waals surface area (Å²) >= 11 is 0. The molecule has 0 radical (unpaired) electrons. The van der Waals surface area contributed by atoms with Gasteiger partial charge in [-0.1, -0.05) is 4.98 Å². The first-order valence-corrected chi connectivity index (χ1v) is 10.2. The summed E-state index contributed by atoms with van der Waals surface area (Å²) < 4.78 is 38.1. The Morgan fingerprint density at radius 1 is 1.33 bits per heavy atom. The summed E-state index contributed by atoms with van der Waals surface area (Å²) in [6.07, 6.45) is -0.240. The predicted octanol–water partition coefficient (Wildman–Crippen LogP) is -2.31. The van der Waals surface area contributed by atoms with Gasteiger partial charge in [-0.15, -0.1) is 0 Å². The van der Waals surface area contributed by atoms with Crippen molar-refractivity contribution in [3.8, 4) is 0 Å². The van der Waals surface area contributed by atoms with Crippen LogP contribution in [0.1, 0.15) is 0 Å². The van der Waals surface area contributed by atoms with Crippen molar-refractivity contribution in [3.63, 3.8) is 0 Å². The number of phosphoric acid groups is 2. The van der Waals surface area contributed by atoms with E-state index in [0.29, 0.717) is 0 Å². The topological polar surface area (TPSA) is 223 Å². The third-order valence-electron chi connectivity index (χ3n) is 3.10. The number of ether oxygens (including phenoxy) is 1. The summed E-state index contributed by atoms with van der Waals surface area (Å²) in [6, 6.07) is 0. The number of anilines is 1. The number of nitrogen functional groups attached to an aromatic ring is 1. The Morgan fingerprint density at radius 3 is 2.59 bits per heavy atom. The lowest BCUT2D eigenvalue weighted by molar-refractivity contribution is -0.676. The summed E-state index contributed by atoms with van der Waals surface area (Å²) in [7, 11) is -8.31. The number of nitrogens with one attached hydrogen (secondary N) is 1. The first-order valence-electron chi connectivity index (χ1n) is 7.15. The van der Waals surface area contributed by atoms with Gasteiger partial charge in [0.25, 0.3) is 11.5 Å². The highest BCUT2D eigenvalue weighted by Crippen LogP contribution is 2.40. The third-order valence-corrected chi connectivity index (χ3v) is 4.10. The van der Waals surface area contributed by atoms with Gasteiger partial charge in [0, 0.05) is 0 Å². The number of nitrogens with two attached hydrogens (primary N) is 1. The molecule has 0 aliphatic rings.